The Morgan fingerprint density at radius 3 is 2.80 bits per heavy atom. The van der Waals surface area contributed by atoms with Crippen molar-refractivity contribution < 1.29 is 9.69 Å². The fourth-order valence-electron chi connectivity index (χ4n) is 2.65. The van der Waals surface area contributed by atoms with Gasteiger partial charge in [-0.15, -0.1) is 11.3 Å². The molecule has 0 radical (unpaired) electrons. The number of amides is 1. The summed E-state index contributed by atoms with van der Waals surface area (Å²) in [6, 6.07) is 14.2. The van der Waals surface area contributed by atoms with E-state index in [0.717, 1.165) is 31.1 Å². The molecule has 1 unspecified atom stereocenters. The molecule has 1 aromatic heterocycles. The van der Waals surface area contributed by atoms with Crippen molar-refractivity contribution in [2.45, 2.75) is 19.9 Å². The lowest BCUT2D eigenvalue weighted by atomic mass is 10.2. The zero-order valence-corrected chi connectivity index (χ0v) is 16.9. The van der Waals surface area contributed by atoms with Crippen LogP contribution in [0.3, 0.4) is 0 Å². The molecule has 0 aliphatic rings. The van der Waals surface area contributed by atoms with E-state index in [2.05, 4.69) is 34.2 Å². The van der Waals surface area contributed by atoms with Gasteiger partial charge in [-0.25, -0.2) is 4.98 Å². The first-order valence-electron chi connectivity index (χ1n) is 8.18. The van der Waals surface area contributed by atoms with Crippen LogP contribution in [-0.4, -0.2) is 24.5 Å². The number of thiazole rings is 1. The van der Waals surface area contributed by atoms with Gasteiger partial charge in [-0.1, -0.05) is 28.1 Å². The van der Waals surface area contributed by atoms with Crippen LogP contribution in [0.25, 0.3) is 10.2 Å². The summed E-state index contributed by atoms with van der Waals surface area (Å²) < 4.78 is 2.20. The van der Waals surface area contributed by atoms with Gasteiger partial charge in [0.15, 0.2) is 11.6 Å². The summed E-state index contributed by atoms with van der Waals surface area (Å²) in [6.07, 6.45) is 0. The Balaban J connectivity index is 1.66. The number of halogens is 1. The number of nitrogens with one attached hydrogen (secondary N) is 2. The van der Waals surface area contributed by atoms with Gasteiger partial charge in [-0.3, -0.25) is 4.79 Å². The number of anilines is 1. The maximum atomic E-state index is 12.4. The highest BCUT2D eigenvalue weighted by atomic mass is 79.9. The second-order valence-corrected chi connectivity index (χ2v) is 8.25. The third-order valence-electron chi connectivity index (χ3n) is 4.32. The predicted octanol–water partition coefficient (Wildman–Crippen LogP) is 3.58. The average Bonchev–Trinajstić information content (AvgIpc) is 3.00. The lowest BCUT2D eigenvalue weighted by Crippen LogP contribution is -3.10. The van der Waals surface area contributed by atoms with Gasteiger partial charge in [0.05, 0.1) is 17.3 Å². The van der Waals surface area contributed by atoms with Crippen molar-refractivity contribution in [2.24, 2.45) is 0 Å². The molecule has 0 fully saturated rings. The Bertz CT molecular complexity index is 876. The SMILES string of the molecule is Cc1cc(Br)ccc1NC(=O)C[NH+](C)[C@@H](C)c1nc2ccccc2s1. The molecule has 0 aliphatic heterocycles. The summed E-state index contributed by atoms with van der Waals surface area (Å²) in [5.41, 5.74) is 2.92. The number of nitrogens with zero attached hydrogens (tertiary/aromatic N) is 1. The van der Waals surface area contributed by atoms with Gasteiger partial charge in [-0.2, -0.15) is 0 Å². The minimum atomic E-state index is 0.0101. The number of benzene rings is 2. The molecule has 25 heavy (non-hydrogen) atoms. The third-order valence-corrected chi connectivity index (χ3v) is 6.03. The van der Waals surface area contributed by atoms with E-state index in [-0.39, 0.29) is 11.9 Å². The van der Waals surface area contributed by atoms with Crippen LogP contribution < -0.4 is 10.2 Å². The fourth-order valence-corrected chi connectivity index (χ4v) is 4.24. The number of aryl methyl sites for hydroxylation is 1. The monoisotopic (exact) mass is 418 g/mol. The highest BCUT2D eigenvalue weighted by Crippen LogP contribution is 2.24. The normalized spacial score (nSPS) is 13.6. The number of hydrogen-bond donors (Lipinski definition) is 2. The van der Waals surface area contributed by atoms with Crippen molar-refractivity contribution in [3.8, 4) is 0 Å². The Kier molecular flexibility index (Phi) is 5.51. The number of quaternary nitrogens is 1. The molecule has 3 rings (SSSR count). The van der Waals surface area contributed by atoms with Gasteiger partial charge in [-0.05, 0) is 49.7 Å². The first kappa shape index (κ1) is 18.0. The highest BCUT2D eigenvalue weighted by Gasteiger charge is 2.22. The summed E-state index contributed by atoms with van der Waals surface area (Å²) in [5, 5.41) is 4.07. The zero-order valence-electron chi connectivity index (χ0n) is 14.5. The Morgan fingerprint density at radius 2 is 2.08 bits per heavy atom. The van der Waals surface area contributed by atoms with Crippen LogP contribution in [0.4, 0.5) is 5.69 Å². The lowest BCUT2D eigenvalue weighted by Gasteiger charge is -2.19. The molecule has 0 spiro atoms. The largest absolute Gasteiger partial charge is 0.322 e. The third kappa shape index (κ3) is 4.26. The maximum absolute atomic E-state index is 12.4. The van der Waals surface area contributed by atoms with E-state index < -0.39 is 0 Å². The van der Waals surface area contributed by atoms with E-state index >= 15 is 0 Å². The van der Waals surface area contributed by atoms with E-state index in [9.17, 15) is 4.79 Å². The molecule has 1 amide bonds. The average molecular weight is 419 g/mol. The molecule has 0 aliphatic carbocycles. The zero-order chi connectivity index (χ0) is 18.0. The van der Waals surface area contributed by atoms with E-state index in [1.54, 1.807) is 11.3 Å². The van der Waals surface area contributed by atoms with E-state index in [1.807, 2.05) is 50.4 Å². The van der Waals surface area contributed by atoms with Crippen molar-refractivity contribution in [3.63, 3.8) is 0 Å². The van der Waals surface area contributed by atoms with Crippen LogP contribution in [-0.2, 0) is 4.79 Å². The topological polar surface area (TPSA) is 46.4 Å². The summed E-state index contributed by atoms with van der Waals surface area (Å²) in [5.74, 6) is 0.0101. The molecule has 2 aromatic carbocycles. The number of para-hydroxylation sites is 1. The molecule has 130 valence electrons. The molecule has 3 aromatic rings. The number of carbonyl (C=O) groups is 1. The van der Waals surface area contributed by atoms with E-state index in [1.165, 1.54) is 4.70 Å². The molecule has 2 atom stereocenters. The summed E-state index contributed by atoms with van der Waals surface area (Å²) >= 11 is 5.14. The van der Waals surface area contributed by atoms with Crippen molar-refractivity contribution in [2.75, 3.05) is 18.9 Å². The summed E-state index contributed by atoms with van der Waals surface area (Å²) in [4.78, 5) is 18.2. The van der Waals surface area contributed by atoms with Crippen LogP contribution in [0.1, 0.15) is 23.5 Å². The number of carbonyl (C=O) groups excluding carboxylic acids is 1. The number of rotatable bonds is 5. The number of likely N-dealkylation sites (N-methyl/N-ethyl adjacent to an activating group) is 1. The highest BCUT2D eigenvalue weighted by molar-refractivity contribution is 9.10. The Labute approximate surface area is 160 Å². The Morgan fingerprint density at radius 1 is 1.32 bits per heavy atom. The molecule has 0 saturated carbocycles. The maximum Gasteiger partial charge on any atom is 0.279 e. The summed E-state index contributed by atoms with van der Waals surface area (Å²) in [7, 11) is 2.03. The van der Waals surface area contributed by atoms with E-state index in [0.29, 0.717) is 6.54 Å². The van der Waals surface area contributed by atoms with Crippen molar-refractivity contribution in [1.29, 1.82) is 0 Å². The standard InChI is InChI=1S/C19H20BrN3OS/c1-12-10-14(20)8-9-15(12)21-18(24)11-23(3)13(2)19-22-16-6-4-5-7-17(16)25-19/h4-10,13H,11H2,1-3H3,(H,21,24)/p+1/t13-/m0/s1. The smallest absolute Gasteiger partial charge is 0.279 e. The number of hydrogen-bond acceptors (Lipinski definition) is 3. The van der Waals surface area contributed by atoms with Crippen LogP contribution >= 0.6 is 27.3 Å². The molecule has 4 nitrogen and oxygen atoms in total. The first-order chi connectivity index (χ1) is 11.9. The van der Waals surface area contributed by atoms with Gasteiger partial charge < -0.3 is 10.2 Å². The first-order valence-corrected chi connectivity index (χ1v) is 9.79. The lowest BCUT2D eigenvalue weighted by molar-refractivity contribution is -0.902. The molecular weight excluding hydrogens is 398 g/mol. The number of fused-ring (bicyclic) bond motifs is 1. The molecule has 6 heteroatoms. The Hall–Kier alpha value is -1.76. The second-order valence-electron chi connectivity index (χ2n) is 6.27. The van der Waals surface area contributed by atoms with Gasteiger partial charge in [0.25, 0.3) is 5.91 Å². The summed E-state index contributed by atoms with van der Waals surface area (Å²) in [6.45, 7) is 4.50. The van der Waals surface area contributed by atoms with Crippen molar-refractivity contribution in [3.05, 3.63) is 57.5 Å². The number of aromatic nitrogens is 1. The van der Waals surface area contributed by atoms with Gasteiger partial charge in [0.2, 0.25) is 0 Å². The molecule has 2 N–H and O–H groups in total. The quantitative estimate of drug-likeness (QED) is 0.664. The van der Waals surface area contributed by atoms with Crippen LogP contribution in [0, 0.1) is 6.92 Å². The molecule has 1 heterocycles. The van der Waals surface area contributed by atoms with Crippen LogP contribution in [0.2, 0.25) is 0 Å². The minimum absolute atomic E-state index is 0.0101. The van der Waals surface area contributed by atoms with Gasteiger partial charge in [0, 0.05) is 10.2 Å². The fraction of sp³-hybridized carbons (Fsp3) is 0.263. The van der Waals surface area contributed by atoms with Crippen LogP contribution in [0.15, 0.2) is 46.9 Å². The molecular formula is C19H21BrN3OS+. The van der Waals surface area contributed by atoms with Crippen molar-refractivity contribution >= 4 is 49.1 Å². The van der Waals surface area contributed by atoms with Gasteiger partial charge >= 0.3 is 0 Å². The van der Waals surface area contributed by atoms with Gasteiger partial charge in [0.1, 0.15) is 6.04 Å². The molecule has 0 bridgehead atoms. The molecule has 0 saturated heterocycles. The minimum Gasteiger partial charge on any atom is -0.322 e. The second kappa shape index (κ2) is 7.64. The van der Waals surface area contributed by atoms with Crippen LogP contribution in [0.5, 0.6) is 0 Å². The van der Waals surface area contributed by atoms with Crippen molar-refractivity contribution in [1.82, 2.24) is 4.98 Å². The predicted molar refractivity (Wildman–Crippen MR) is 107 cm³/mol. The van der Waals surface area contributed by atoms with E-state index in [4.69, 9.17) is 4.98 Å².